The minimum Gasteiger partial charge on any atom is -0.321 e. The van der Waals surface area contributed by atoms with Gasteiger partial charge in [-0.1, -0.05) is 95.2 Å². The maximum atomic E-state index is 13.7. The average Bonchev–Trinajstić information content (AvgIpc) is 3.50. The number of carbonyl (C=O) groups is 3. The fraction of sp³-hybridized carbons (Fsp3) is 0.0526. The summed E-state index contributed by atoms with van der Waals surface area (Å²) in [6.45, 7) is 2.02. The van der Waals surface area contributed by atoms with E-state index in [1.807, 2.05) is 67.6 Å². The lowest BCUT2D eigenvalue weighted by Crippen LogP contribution is -2.30. The third-order valence-electron chi connectivity index (χ3n) is 7.30. The summed E-state index contributed by atoms with van der Waals surface area (Å²) in [7, 11) is 0. The Hall–Kier alpha value is -4.93. The van der Waals surface area contributed by atoms with Gasteiger partial charge in [0, 0.05) is 31.8 Å². The summed E-state index contributed by atoms with van der Waals surface area (Å²) in [5.41, 5.74) is 3.99. The molecule has 7 nitrogen and oxygen atoms in total. The maximum absolute atomic E-state index is 13.7. The molecule has 0 bridgehead atoms. The van der Waals surface area contributed by atoms with Crippen molar-refractivity contribution in [3.05, 3.63) is 159 Å². The molecule has 1 atom stereocenters. The second-order valence-corrected chi connectivity index (χ2v) is 13.9. The lowest BCUT2D eigenvalue weighted by molar-refractivity contribution is -0.116. The number of benzene rings is 5. The summed E-state index contributed by atoms with van der Waals surface area (Å²) in [5, 5.41) is 9.15. The van der Waals surface area contributed by atoms with Gasteiger partial charge in [-0.3, -0.25) is 14.4 Å². The Labute approximate surface area is 301 Å². The van der Waals surface area contributed by atoms with E-state index in [1.54, 1.807) is 60.7 Å². The number of halogens is 2. The number of anilines is 2. The Kier molecular flexibility index (Phi) is 10.8. The van der Waals surface area contributed by atoms with E-state index in [4.69, 9.17) is 23.2 Å². The molecule has 0 aliphatic heterocycles. The van der Waals surface area contributed by atoms with Crippen LogP contribution in [0.15, 0.2) is 132 Å². The third kappa shape index (κ3) is 8.57. The summed E-state index contributed by atoms with van der Waals surface area (Å²) in [6, 6.07) is 36.2. The van der Waals surface area contributed by atoms with E-state index in [1.165, 1.54) is 29.2 Å². The number of aromatic nitrogens is 1. The van der Waals surface area contributed by atoms with Crippen molar-refractivity contribution in [3.63, 3.8) is 0 Å². The number of hydrogen-bond donors (Lipinski definition) is 3. The van der Waals surface area contributed by atoms with Crippen molar-refractivity contribution in [2.24, 2.45) is 0 Å². The topological polar surface area (TPSA) is 100 Å². The van der Waals surface area contributed by atoms with E-state index in [-0.39, 0.29) is 11.6 Å². The number of aryl methyl sites for hydroxylation is 1. The molecule has 11 heteroatoms. The third-order valence-corrected chi connectivity index (χ3v) is 10.2. The maximum Gasteiger partial charge on any atom is 0.272 e. The molecule has 0 saturated heterocycles. The smallest absolute Gasteiger partial charge is 0.272 e. The van der Waals surface area contributed by atoms with Crippen LogP contribution in [0.2, 0.25) is 10.0 Å². The first kappa shape index (κ1) is 34.0. The number of hydrogen-bond acceptors (Lipinski definition) is 6. The number of rotatable bonds is 10. The van der Waals surface area contributed by atoms with Crippen LogP contribution in [0.3, 0.4) is 0 Å². The SMILES string of the molecule is Cc1ccc2nc(NC(=O)C(Sc3ccc(NC(=O)/C(=C/c4c(Cl)cccc4Cl)NC(=O)c4ccccc4)cc3)c3ccccc3)sc2c1. The molecule has 0 aliphatic rings. The van der Waals surface area contributed by atoms with Gasteiger partial charge in [0.25, 0.3) is 11.8 Å². The Morgan fingerprint density at radius 1 is 0.796 bits per heavy atom. The Bertz CT molecular complexity index is 2150. The molecule has 3 amide bonds. The summed E-state index contributed by atoms with van der Waals surface area (Å²) < 4.78 is 1.00. The van der Waals surface area contributed by atoms with Crippen LogP contribution in [-0.2, 0) is 9.59 Å². The first-order chi connectivity index (χ1) is 23.7. The number of fused-ring (bicyclic) bond motifs is 1. The van der Waals surface area contributed by atoms with Crippen molar-refractivity contribution in [3.8, 4) is 0 Å². The van der Waals surface area contributed by atoms with Crippen LogP contribution in [0.5, 0.6) is 0 Å². The Morgan fingerprint density at radius 2 is 1.47 bits per heavy atom. The molecule has 0 radical (unpaired) electrons. The quantitative estimate of drug-likeness (QED) is 0.0966. The second kappa shape index (κ2) is 15.5. The molecule has 6 aromatic rings. The van der Waals surface area contributed by atoms with Crippen LogP contribution in [0.4, 0.5) is 10.8 Å². The fourth-order valence-electron chi connectivity index (χ4n) is 4.84. The van der Waals surface area contributed by atoms with Gasteiger partial charge in [-0.05, 0) is 84.8 Å². The van der Waals surface area contributed by atoms with E-state index in [0.717, 1.165) is 26.2 Å². The Morgan fingerprint density at radius 3 is 2.16 bits per heavy atom. The molecule has 49 heavy (non-hydrogen) atoms. The molecule has 5 aromatic carbocycles. The van der Waals surface area contributed by atoms with Crippen molar-refractivity contribution >= 4 is 91.1 Å². The van der Waals surface area contributed by atoms with Gasteiger partial charge >= 0.3 is 0 Å². The van der Waals surface area contributed by atoms with E-state index in [9.17, 15) is 14.4 Å². The van der Waals surface area contributed by atoms with Gasteiger partial charge in [0.1, 0.15) is 10.9 Å². The number of nitrogens with one attached hydrogen (secondary N) is 3. The largest absolute Gasteiger partial charge is 0.321 e. The highest BCUT2D eigenvalue weighted by molar-refractivity contribution is 8.00. The van der Waals surface area contributed by atoms with Crippen LogP contribution in [0, 0.1) is 6.92 Å². The zero-order chi connectivity index (χ0) is 34.3. The number of thioether (sulfide) groups is 1. The van der Waals surface area contributed by atoms with E-state index in [0.29, 0.717) is 32.0 Å². The number of amides is 3. The monoisotopic (exact) mass is 722 g/mol. The lowest BCUT2D eigenvalue weighted by atomic mass is 10.1. The summed E-state index contributed by atoms with van der Waals surface area (Å²) >= 11 is 15.6. The number of nitrogens with zero attached hydrogens (tertiary/aromatic N) is 1. The minimum atomic E-state index is -0.576. The van der Waals surface area contributed by atoms with Crippen molar-refractivity contribution in [2.75, 3.05) is 10.6 Å². The highest BCUT2D eigenvalue weighted by Gasteiger charge is 2.24. The van der Waals surface area contributed by atoms with Gasteiger partial charge in [-0.25, -0.2) is 4.98 Å². The molecule has 1 heterocycles. The summed E-state index contributed by atoms with van der Waals surface area (Å²) in [5.74, 6) is -1.25. The molecular weight excluding hydrogens is 695 g/mol. The fourth-order valence-corrected chi connectivity index (χ4v) is 7.34. The van der Waals surface area contributed by atoms with E-state index >= 15 is 0 Å². The summed E-state index contributed by atoms with van der Waals surface area (Å²) in [4.78, 5) is 45.6. The Balaban J connectivity index is 1.20. The second-order valence-electron chi connectivity index (χ2n) is 10.9. The van der Waals surface area contributed by atoms with Gasteiger partial charge in [0.15, 0.2) is 5.13 Å². The predicted molar refractivity (Wildman–Crippen MR) is 201 cm³/mol. The zero-order valence-electron chi connectivity index (χ0n) is 25.9. The van der Waals surface area contributed by atoms with Crippen LogP contribution in [-0.4, -0.2) is 22.7 Å². The first-order valence-corrected chi connectivity index (χ1v) is 17.5. The highest BCUT2D eigenvalue weighted by atomic mass is 35.5. The highest BCUT2D eigenvalue weighted by Crippen LogP contribution is 2.38. The van der Waals surface area contributed by atoms with Gasteiger partial charge in [0.05, 0.1) is 10.2 Å². The molecule has 1 aromatic heterocycles. The van der Waals surface area contributed by atoms with Crippen LogP contribution in [0.25, 0.3) is 16.3 Å². The predicted octanol–water partition coefficient (Wildman–Crippen LogP) is 9.79. The first-order valence-electron chi connectivity index (χ1n) is 15.1. The molecular formula is C38H28Cl2N4O3S2. The number of carbonyl (C=O) groups excluding carboxylic acids is 3. The van der Waals surface area contributed by atoms with Crippen LogP contribution >= 0.6 is 46.3 Å². The lowest BCUT2D eigenvalue weighted by Gasteiger charge is -2.17. The standard InChI is InChI=1S/C38H28Cl2N4O3S2/c1-23-15-20-31-33(21-23)49-38(43-31)44-37(47)34(24-9-4-2-5-10-24)48-27-18-16-26(17-19-27)41-36(46)32(22-28-29(39)13-8-14-30(28)40)42-35(45)25-11-6-3-7-12-25/h2-22,34H,1H3,(H,41,46)(H,42,45)(H,43,44,47)/b32-22-. The van der Waals surface area contributed by atoms with Gasteiger partial charge in [-0.15, -0.1) is 11.8 Å². The van der Waals surface area contributed by atoms with Crippen molar-refractivity contribution in [1.82, 2.24) is 10.3 Å². The molecule has 0 spiro atoms. The molecule has 244 valence electrons. The molecule has 0 aliphatic carbocycles. The van der Waals surface area contributed by atoms with Crippen LogP contribution < -0.4 is 16.0 Å². The van der Waals surface area contributed by atoms with Gasteiger partial charge < -0.3 is 16.0 Å². The minimum absolute atomic E-state index is 0.0480. The molecule has 6 rings (SSSR count). The summed E-state index contributed by atoms with van der Waals surface area (Å²) in [6.07, 6.45) is 1.45. The molecule has 0 fully saturated rings. The van der Waals surface area contributed by atoms with E-state index in [2.05, 4.69) is 20.9 Å². The number of thiazole rings is 1. The zero-order valence-corrected chi connectivity index (χ0v) is 29.1. The van der Waals surface area contributed by atoms with Crippen LogP contribution in [0.1, 0.15) is 32.3 Å². The van der Waals surface area contributed by atoms with Crippen molar-refractivity contribution in [1.29, 1.82) is 0 Å². The molecule has 1 unspecified atom stereocenters. The molecule has 3 N–H and O–H groups in total. The molecule has 0 saturated carbocycles. The average molecular weight is 724 g/mol. The van der Waals surface area contributed by atoms with Crippen molar-refractivity contribution in [2.45, 2.75) is 17.1 Å². The van der Waals surface area contributed by atoms with E-state index < -0.39 is 17.1 Å². The van der Waals surface area contributed by atoms with Crippen molar-refractivity contribution < 1.29 is 14.4 Å². The normalized spacial score (nSPS) is 11.9. The van der Waals surface area contributed by atoms with Gasteiger partial charge in [-0.2, -0.15) is 0 Å². The van der Waals surface area contributed by atoms with Gasteiger partial charge in [0.2, 0.25) is 5.91 Å².